The Labute approximate surface area is 107 Å². The van der Waals surface area contributed by atoms with Gasteiger partial charge in [0.2, 0.25) is 5.91 Å². The van der Waals surface area contributed by atoms with Crippen molar-refractivity contribution in [1.29, 1.82) is 0 Å². The van der Waals surface area contributed by atoms with Gasteiger partial charge in [0.25, 0.3) is 0 Å². The van der Waals surface area contributed by atoms with Gasteiger partial charge >= 0.3 is 0 Å². The highest BCUT2D eigenvalue weighted by Gasteiger charge is 2.05. The maximum absolute atomic E-state index is 11.6. The molecular formula is C13H20N2O3. The Kier molecular flexibility index (Phi) is 6.00. The number of carbonyl (C=O) groups excluding carboxylic acids is 1. The van der Waals surface area contributed by atoms with E-state index in [1.165, 1.54) is 13.2 Å². The number of benzene rings is 1. The molecular weight excluding hydrogens is 232 g/mol. The minimum Gasteiger partial charge on any atom is -0.504 e. The average molecular weight is 252 g/mol. The number of carbonyl (C=O) groups is 1. The first-order chi connectivity index (χ1) is 8.67. The van der Waals surface area contributed by atoms with Crippen LogP contribution in [0.25, 0.3) is 0 Å². The number of phenols is 1. The summed E-state index contributed by atoms with van der Waals surface area (Å²) in [4.78, 5) is 11.6. The first kappa shape index (κ1) is 14.3. The Bertz CT molecular complexity index is 394. The molecule has 100 valence electrons. The number of nitrogens with two attached hydrogens (primary N) is 1. The van der Waals surface area contributed by atoms with Crippen molar-refractivity contribution in [2.75, 3.05) is 19.0 Å². The summed E-state index contributed by atoms with van der Waals surface area (Å²) in [5.41, 5.74) is 5.94. The second kappa shape index (κ2) is 7.55. The lowest BCUT2D eigenvalue weighted by molar-refractivity contribution is -0.116. The average Bonchev–Trinajstić information content (AvgIpc) is 2.35. The first-order valence-electron chi connectivity index (χ1n) is 6.04. The molecule has 1 amide bonds. The minimum atomic E-state index is -0.0587. The molecule has 0 aromatic heterocycles. The highest BCUT2D eigenvalue weighted by atomic mass is 16.5. The molecule has 0 bridgehead atoms. The zero-order chi connectivity index (χ0) is 13.4. The second-order valence-corrected chi connectivity index (χ2v) is 4.03. The van der Waals surface area contributed by atoms with Crippen LogP contribution in [0.15, 0.2) is 18.2 Å². The summed E-state index contributed by atoms with van der Waals surface area (Å²) in [5, 5.41) is 12.3. The summed E-state index contributed by atoms with van der Waals surface area (Å²) in [6.45, 7) is 0.661. The normalized spacial score (nSPS) is 10.1. The van der Waals surface area contributed by atoms with Crippen LogP contribution in [-0.2, 0) is 4.79 Å². The molecule has 0 saturated heterocycles. The van der Waals surface area contributed by atoms with E-state index < -0.39 is 0 Å². The van der Waals surface area contributed by atoms with Gasteiger partial charge in [0.1, 0.15) is 0 Å². The molecule has 4 N–H and O–H groups in total. The molecule has 5 heteroatoms. The molecule has 18 heavy (non-hydrogen) atoms. The molecule has 0 aliphatic carbocycles. The van der Waals surface area contributed by atoms with Crippen molar-refractivity contribution in [1.82, 2.24) is 0 Å². The monoisotopic (exact) mass is 252 g/mol. The summed E-state index contributed by atoms with van der Waals surface area (Å²) in [7, 11) is 1.48. The first-order valence-corrected chi connectivity index (χ1v) is 6.04. The Morgan fingerprint density at radius 2 is 2.17 bits per heavy atom. The number of ether oxygens (including phenoxy) is 1. The van der Waals surface area contributed by atoms with Crippen LogP contribution in [0, 0.1) is 0 Å². The predicted molar refractivity (Wildman–Crippen MR) is 70.8 cm³/mol. The largest absolute Gasteiger partial charge is 0.504 e. The Balaban J connectivity index is 2.42. The summed E-state index contributed by atoms with van der Waals surface area (Å²) in [6, 6.07) is 4.77. The van der Waals surface area contributed by atoms with Gasteiger partial charge in [-0.1, -0.05) is 6.42 Å². The molecule has 0 atom stereocenters. The third kappa shape index (κ3) is 4.63. The molecule has 0 unspecified atom stereocenters. The van der Waals surface area contributed by atoms with Crippen LogP contribution >= 0.6 is 0 Å². The molecule has 0 aliphatic rings. The van der Waals surface area contributed by atoms with Gasteiger partial charge in [0, 0.05) is 18.2 Å². The number of hydrogen-bond donors (Lipinski definition) is 3. The lowest BCUT2D eigenvalue weighted by Gasteiger charge is -2.08. The molecule has 1 aromatic rings. The van der Waals surface area contributed by atoms with Gasteiger partial charge in [0.05, 0.1) is 7.11 Å². The van der Waals surface area contributed by atoms with Crippen molar-refractivity contribution in [3.8, 4) is 11.5 Å². The van der Waals surface area contributed by atoms with Crippen LogP contribution in [0.3, 0.4) is 0 Å². The van der Waals surface area contributed by atoms with E-state index in [2.05, 4.69) is 5.32 Å². The number of anilines is 1. The maximum Gasteiger partial charge on any atom is 0.224 e. The Morgan fingerprint density at radius 1 is 1.39 bits per heavy atom. The van der Waals surface area contributed by atoms with Gasteiger partial charge in [-0.15, -0.1) is 0 Å². The van der Waals surface area contributed by atoms with Crippen LogP contribution in [0.1, 0.15) is 25.7 Å². The van der Waals surface area contributed by atoms with E-state index in [1.54, 1.807) is 12.1 Å². The van der Waals surface area contributed by atoms with Crippen LogP contribution in [0.4, 0.5) is 5.69 Å². The smallest absolute Gasteiger partial charge is 0.224 e. The number of nitrogens with one attached hydrogen (secondary N) is 1. The molecule has 0 heterocycles. The highest BCUT2D eigenvalue weighted by molar-refractivity contribution is 5.91. The molecule has 1 aromatic carbocycles. The zero-order valence-corrected chi connectivity index (χ0v) is 10.6. The van der Waals surface area contributed by atoms with Crippen LogP contribution < -0.4 is 15.8 Å². The van der Waals surface area contributed by atoms with Crippen molar-refractivity contribution in [3.05, 3.63) is 18.2 Å². The summed E-state index contributed by atoms with van der Waals surface area (Å²) in [6.07, 6.45) is 3.19. The van der Waals surface area contributed by atoms with E-state index in [-0.39, 0.29) is 11.7 Å². The van der Waals surface area contributed by atoms with Gasteiger partial charge in [-0.2, -0.15) is 0 Å². The minimum absolute atomic E-state index is 0.0124. The number of hydrogen-bond acceptors (Lipinski definition) is 4. The van der Waals surface area contributed by atoms with E-state index in [4.69, 9.17) is 10.5 Å². The number of methoxy groups -OCH3 is 1. The third-order valence-corrected chi connectivity index (χ3v) is 2.57. The quantitative estimate of drug-likeness (QED) is 0.647. The Hall–Kier alpha value is -1.75. The molecule has 0 spiro atoms. The van der Waals surface area contributed by atoms with Crippen LogP contribution in [0.2, 0.25) is 0 Å². The van der Waals surface area contributed by atoms with E-state index in [1.807, 2.05) is 0 Å². The van der Waals surface area contributed by atoms with Crippen molar-refractivity contribution in [2.24, 2.45) is 5.73 Å². The van der Waals surface area contributed by atoms with Crippen molar-refractivity contribution in [3.63, 3.8) is 0 Å². The van der Waals surface area contributed by atoms with E-state index >= 15 is 0 Å². The number of unbranched alkanes of at least 4 members (excludes halogenated alkanes) is 2. The molecule has 0 saturated carbocycles. The summed E-state index contributed by atoms with van der Waals surface area (Å²) >= 11 is 0. The number of rotatable bonds is 7. The second-order valence-electron chi connectivity index (χ2n) is 4.03. The fourth-order valence-corrected chi connectivity index (χ4v) is 1.60. The highest BCUT2D eigenvalue weighted by Crippen LogP contribution is 2.28. The summed E-state index contributed by atoms with van der Waals surface area (Å²) < 4.78 is 4.92. The molecule has 0 fully saturated rings. The lowest BCUT2D eigenvalue weighted by Crippen LogP contribution is -2.11. The topological polar surface area (TPSA) is 84.6 Å². The van der Waals surface area contributed by atoms with E-state index in [0.717, 1.165) is 19.3 Å². The summed E-state index contributed by atoms with van der Waals surface area (Å²) in [5.74, 6) is 0.339. The van der Waals surface area contributed by atoms with Crippen molar-refractivity contribution >= 4 is 11.6 Å². The molecule has 0 radical (unpaired) electrons. The fraction of sp³-hybridized carbons (Fsp3) is 0.462. The molecule has 0 aliphatic heterocycles. The lowest BCUT2D eigenvalue weighted by atomic mass is 10.2. The zero-order valence-electron chi connectivity index (χ0n) is 10.6. The fourth-order valence-electron chi connectivity index (χ4n) is 1.60. The van der Waals surface area contributed by atoms with Crippen LogP contribution in [0.5, 0.6) is 11.5 Å². The Morgan fingerprint density at radius 3 is 2.78 bits per heavy atom. The van der Waals surface area contributed by atoms with Gasteiger partial charge in [0.15, 0.2) is 11.5 Å². The van der Waals surface area contributed by atoms with Gasteiger partial charge in [-0.3, -0.25) is 4.79 Å². The molecule has 1 rings (SSSR count). The standard InChI is InChI=1S/C13H20N2O3/c1-18-12-7-6-10(9-11(12)16)15-13(17)5-3-2-4-8-14/h6-7,9,16H,2-5,8,14H2,1H3,(H,15,17). The van der Waals surface area contributed by atoms with E-state index in [9.17, 15) is 9.90 Å². The maximum atomic E-state index is 11.6. The van der Waals surface area contributed by atoms with Crippen molar-refractivity contribution in [2.45, 2.75) is 25.7 Å². The van der Waals surface area contributed by atoms with E-state index in [0.29, 0.717) is 24.4 Å². The van der Waals surface area contributed by atoms with Gasteiger partial charge in [-0.25, -0.2) is 0 Å². The number of amides is 1. The van der Waals surface area contributed by atoms with Crippen LogP contribution in [-0.4, -0.2) is 24.7 Å². The third-order valence-electron chi connectivity index (χ3n) is 2.57. The molecule has 5 nitrogen and oxygen atoms in total. The van der Waals surface area contributed by atoms with Gasteiger partial charge in [-0.05, 0) is 31.5 Å². The predicted octanol–water partition coefficient (Wildman–Crippen LogP) is 1.86. The van der Waals surface area contributed by atoms with Crippen molar-refractivity contribution < 1.29 is 14.6 Å². The number of aromatic hydroxyl groups is 1. The SMILES string of the molecule is COc1ccc(NC(=O)CCCCCN)cc1O. The number of phenolic OH excluding ortho intramolecular Hbond substituents is 1. The van der Waals surface area contributed by atoms with Gasteiger partial charge < -0.3 is 20.9 Å².